The second kappa shape index (κ2) is 8.13. The molecule has 0 fully saturated rings. The van der Waals surface area contributed by atoms with Crippen molar-refractivity contribution in [3.05, 3.63) is 0 Å². The number of hydrogen-bond acceptors (Lipinski definition) is 5. The maximum absolute atomic E-state index is 9.44. The molecule has 0 saturated heterocycles. The first-order valence-electron chi connectivity index (χ1n) is 1.08. The Labute approximate surface area is 95.2 Å². The van der Waals surface area contributed by atoms with Crippen LogP contribution in [0.4, 0.5) is 0 Å². The third-order valence-corrected chi connectivity index (χ3v) is 0.565. The van der Waals surface area contributed by atoms with Gasteiger partial charge in [0.1, 0.15) is 0 Å². The van der Waals surface area contributed by atoms with E-state index in [-0.39, 0.29) is 59.1 Å². The summed E-state index contributed by atoms with van der Waals surface area (Å²) in [6.45, 7) is 0. The molecule has 0 atom stereocenters. The molecule has 0 heterocycles. The van der Waals surface area contributed by atoms with E-state index in [9.17, 15) is 4.57 Å². The van der Waals surface area contributed by atoms with Gasteiger partial charge in [-0.2, -0.15) is 0 Å². The van der Waals surface area contributed by atoms with Crippen LogP contribution in [0, 0.1) is 0 Å². The predicted octanol–water partition coefficient (Wildman–Crippen LogP) is -8.32. The van der Waals surface area contributed by atoms with Crippen molar-refractivity contribution in [3.8, 4) is 0 Å². The summed E-state index contributed by atoms with van der Waals surface area (Å²) in [5.41, 5.74) is 0. The number of rotatable bonds is 2. The molecule has 0 spiro atoms. The Morgan fingerprint density at radius 1 is 1.22 bits per heavy atom. The molecule has 0 aliphatic carbocycles. The first kappa shape index (κ1) is 17.2. The van der Waals surface area contributed by atoms with Crippen molar-refractivity contribution in [1.29, 1.82) is 0 Å². The van der Waals surface area contributed by atoms with Gasteiger partial charge in [0.15, 0.2) is 0 Å². The van der Waals surface area contributed by atoms with Crippen LogP contribution in [0.1, 0.15) is 0 Å². The second-order valence-electron chi connectivity index (χ2n) is 0.618. The molecule has 0 aromatic rings. The fourth-order valence-corrected chi connectivity index (χ4v) is 0.0373. The summed E-state index contributed by atoms with van der Waals surface area (Å²) < 4.78 is 14.3. The third-order valence-electron chi connectivity index (χ3n) is 0.188. The average Bonchev–Trinajstić information content (AvgIpc) is 1.68. The van der Waals surface area contributed by atoms with E-state index in [1.807, 2.05) is 0 Å². The SMILES string of the molecule is O=P(O)(O[O-])O[O-].[Na+].[Na+]. The molecule has 9 heavy (non-hydrogen) atoms. The first-order chi connectivity index (χ1) is 3.12. The van der Waals surface area contributed by atoms with Gasteiger partial charge in [-0.05, 0) is 0 Å². The predicted molar refractivity (Wildman–Crippen MR) is 12.0 cm³/mol. The Morgan fingerprint density at radius 2 is 1.44 bits per heavy atom. The van der Waals surface area contributed by atoms with E-state index >= 15 is 0 Å². The molecular formula is HNa2O6P. The topological polar surface area (TPSA) is 102 Å². The third kappa shape index (κ3) is 10.0. The van der Waals surface area contributed by atoms with E-state index in [1.54, 1.807) is 0 Å². The van der Waals surface area contributed by atoms with Crippen LogP contribution in [0.3, 0.4) is 0 Å². The molecule has 0 bridgehead atoms. The van der Waals surface area contributed by atoms with Gasteiger partial charge in [-0.3, -0.25) is 0 Å². The van der Waals surface area contributed by atoms with E-state index < -0.39 is 7.82 Å². The van der Waals surface area contributed by atoms with Crippen LogP contribution in [0.5, 0.6) is 0 Å². The van der Waals surface area contributed by atoms with Gasteiger partial charge in [0.2, 0.25) is 0 Å². The van der Waals surface area contributed by atoms with Crippen molar-refractivity contribution in [2.45, 2.75) is 0 Å². The Morgan fingerprint density at radius 3 is 1.44 bits per heavy atom. The normalized spacial score (nSPS) is 9.22. The van der Waals surface area contributed by atoms with Crippen LogP contribution in [0.2, 0.25) is 0 Å². The Bertz CT molecular complexity index is 83.1. The standard InChI is InChI=1S/2Na.H3O6P/c;;1-5-7(3,4)6-2/h;;1-2H,(H,3,4)/q2*+1;/p-2. The first-order valence-corrected chi connectivity index (χ1v) is 2.58. The van der Waals surface area contributed by atoms with Crippen LogP contribution < -0.4 is 69.6 Å². The van der Waals surface area contributed by atoms with Crippen LogP contribution in [-0.2, 0) is 13.9 Å². The number of hydrogen-bond donors (Lipinski definition) is 1. The van der Waals surface area contributed by atoms with Crippen LogP contribution >= 0.6 is 7.82 Å². The molecule has 6 nitrogen and oxygen atoms in total. The van der Waals surface area contributed by atoms with Gasteiger partial charge < -0.3 is 24.8 Å². The van der Waals surface area contributed by atoms with Gasteiger partial charge in [-0.1, -0.05) is 0 Å². The van der Waals surface area contributed by atoms with E-state index in [0.717, 1.165) is 0 Å². The molecule has 0 aliphatic rings. The van der Waals surface area contributed by atoms with Crippen molar-refractivity contribution in [1.82, 2.24) is 0 Å². The molecule has 9 heteroatoms. The van der Waals surface area contributed by atoms with Gasteiger partial charge in [-0.15, -0.1) is 0 Å². The molecule has 0 rings (SSSR count). The largest absolute Gasteiger partial charge is 1.00 e. The molecule has 0 unspecified atom stereocenters. The van der Waals surface area contributed by atoms with Crippen LogP contribution in [-0.4, -0.2) is 4.89 Å². The molecular weight excluding hydrogens is 173 g/mol. The van der Waals surface area contributed by atoms with Crippen molar-refractivity contribution in [2.24, 2.45) is 0 Å². The maximum atomic E-state index is 9.44. The summed E-state index contributed by atoms with van der Waals surface area (Å²) in [5.74, 6) is 0. The van der Waals surface area contributed by atoms with Crippen LogP contribution in [0.25, 0.3) is 0 Å². The van der Waals surface area contributed by atoms with Gasteiger partial charge in [0.05, 0.1) is 0 Å². The van der Waals surface area contributed by atoms with Crippen molar-refractivity contribution in [2.75, 3.05) is 0 Å². The Hall–Kier alpha value is 2.03. The van der Waals surface area contributed by atoms with Crippen LogP contribution in [0.15, 0.2) is 0 Å². The van der Waals surface area contributed by atoms with Crippen molar-refractivity contribution < 1.29 is 88.4 Å². The van der Waals surface area contributed by atoms with Gasteiger partial charge in [-0.25, -0.2) is 4.57 Å². The van der Waals surface area contributed by atoms with E-state index in [2.05, 4.69) is 9.35 Å². The van der Waals surface area contributed by atoms with Gasteiger partial charge in [0, 0.05) is 0 Å². The summed E-state index contributed by atoms with van der Waals surface area (Å²) in [7, 11) is -4.77. The monoisotopic (exact) mass is 174 g/mol. The zero-order chi connectivity index (χ0) is 5.91. The average molecular weight is 174 g/mol. The maximum Gasteiger partial charge on any atom is 1.00 e. The van der Waals surface area contributed by atoms with Crippen molar-refractivity contribution in [3.63, 3.8) is 0 Å². The van der Waals surface area contributed by atoms with Gasteiger partial charge in [0.25, 0.3) is 0 Å². The molecule has 0 aromatic carbocycles. The van der Waals surface area contributed by atoms with E-state index in [1.165, 1.54) is 0 Å². The molecule has 0 radical (unpaired) electrons. The molecule has 44 valence electrons. The Balaban J connectivity index is -0.000000180. The summed E-state index contributed by atoms with van der Waals surface area (Å²) in [6, 6.07) is 0. The second-order valence-corrected chi connectivity index (χ2v) is 1.85. The zero-order valence-electron chi connectivity index (χ0n) is 4.94. The minimum atomic E-state index is -4.77. The van der Waals surface area contributed by atoms with E-state index in [0.29, 0.717) is 0 Å². The Kier molecular flexibility index (Phi) is 15.5. The fraction of sp³-hybridized carbons (Fsp3) is 0. The summed E-state index contributed by atoms with van der Waals surface area (Å²) in [5, 5.41) is 17.7. The molecule has 1 N–H and O–H groups in total. The summed E-state index contributed by atoms with van der Waals surface area (Å²) in [6.07, 6.45) is 0. The minimum Gasteiger partial charge on any atom is -0.714 e. The van der Waals surface area contributed by atoms with E-state index in [4.69, 9.17) is 15.4 Å². The summed E-state index contributed by atoms with van der Waals surface area (Å²) >= 11 is 0. The van der Waals surface area contributed by atoms with Gasteiger partial charge >= 0.3 is 66.9 Å². The molecule has 0 aromatic heterocycles. The molecule has 0 aliphatic heterocycles. The smallest absolute Gasteiger partial charge is 0.714 e. The molecule has 0 saturated carbocycles. The summed E-state index contributed by atoms with van der Waals surface area (Å²) in [4.78, 5) is 7.62. The quantitative estimate of drug-likeness (QED) is 0.193. The molecule has 0 amide bonds. The zero-order valence-corrected chi connectivity index (χ0v) is 9.83. The minimum absolute atomic E-state index is 0. The fourth-order valence-electron chi connectivity index (χ4n) is 0.0124. The van der Waals surface area contributed by atoms with Crippen molar-refractivity contribution >= 4 is 7.82 Å². The number of phosphoric acid groups is 1.